The predicted octanol–water partition coefficient (Wildman–Crippen LogP) is 2.85. The van der Waals surface area contributed by atoms with Gasteiger partial charge in [-0.3, -0.25) is 4.79 Å². The summed E-state index contributed by atoms with van der Waals surface area (Å²) in [5, 5.41) is 7.48. The first-order valence-corrected chi connectivity index (χ1v) is 10.6. The van der Waals surface area contributed by atoms with Crippen molar-refractivity contribution in [3.8, 4) is 0 Å². The highest BCUT2D eigenvalue weighted by atomic mass is 32.2. The summed E-state index contributed by atoms with van der Waals surface area (Å²) in [4.78, 5) is 19.3. The van der Waals surface area contributed by atoms with E-state index in [0.29, 0.717) is 6.54 Å². The molecule has 6 nitrogen and oxygen atoms in total. The van der Waals surface area contributed by atoms with E-state index in [0.717, 1.165) is 33.5 Å². The van der Waals surface area contributed by atoms with Gasteiger partial charge in [0.15, 0.2) is 0 Å². The van der Waals surface area contributed by atoms with E-state index in [1.807, 2.05) is 40.0 Å². The number of carbonyl (C=O) groups is 1. The number of anilines is 1. The maximum atomic E-state index is 13.0. The second-order valence-electron chi connectivity index (χ2n) is 6.08. The van der Waals surface area contributed by atoms with Crippen LogP contribution in [0.1, 0.15) is 30.2 Å². The quantitative estimate of drug-likeness (QED) is 0.671. The highest BCUT2D eigenvalue weighted by molar-refractivity contribution is 7.99. The maximum Gasteiger partial charge on any atom is 0.331 e. The van der Waals surface area contributed by atoms with Crippen LogP contribution < -0.4 is 9.57 Å². The molecule has 0 aromatic carbocycles. The Morgan fingerprint density at radius 2 is 2.30 bits per heavy atom. The summed E-state index contributed by atoms with van der Waals surface area (Å²) in [7, 11) is 0. The molecule has 1 aliphatic rings. The molecule has 2 aromatic rings. The zero-order valence-corrected chi connectivity index (χ0v) is 17.5. The molecule has 1 atom stereocenters. The van der Waals surface area contributed by atoms with E-state index in [9.17, 15) is 4.79 Å². The molecule has 0 saturated heterocycles. The Bertz CT molecular complexity index is 974. The van der Waals surface area contributed by atoms with E-state index in [1.165, 1.54) is 0 Å². The summed E-state index contributed by atoms with van der Waals surface area (Å²) in [5.41, 5.74) is 3.51. The lowest BCUT2D eigenvalue weighted by Gasteiger charge is -2.23. The van der Waals surface area contributed by atoms with Gasteiger partial charge < -0.3 is 4.90 Å². The number of aryl methyl sites for hydroxylation is 2. The summed E-state index contributed by atoms with van der Waals surface area (Å²) in [6.45, 7) is 8.43. The summed E-state index contributed by atoms with van der Waals surface area (Å²) in [6, 6.07) is 0. The van der Waals surface area contributed by atoms with Crippen LogP contribution in [0.4, 0.5) is 5.69 Å². The molecule has 0 saturated carbocycles. The van der Waals surface area contributed by atoms with Crippen LogP contribution in [-0.2, 0) is 10.5 Å². The van der Waals surface area contributed by atoms with Gasteiger partial charge in [0.2, 0.25) is 5.91 Å². The second kappa shape index (κ2) is 8.55. The topological polar surface area (TPSA) is 65.1 Å². The number of hydrogen-bond donors (Lipinski definition) is 0. The zero-order valence-electron chi connectivity index (χ0n) is 15.8. The minimum Gasteiger partial charge on any atom is -0.309 e. The molecule has 0 fully saturated rings. The van der Waals surface area contributed by atoms with Crippen LogP contribution in [-0.4, -0.2) is 44.6 Å². The van der Waals surface area contributed by atoms with Crippen molar-refractivity contribution in [2.24, 2.45) is 0 Å². The summed E-state index contributed by atoms with van der Waals surface area (Å²) in [6.07, 6.45) is 7.21. The first-order chi connectivity index (χ1) is 13.0. The maximum absolute atomic E-state index is 13.0. The highest BCUT2D eigenvalue weighted by Gasteiger charge is 2.25. The number of allylic oxidation sites excluding steroid dienone is 3. The fourth-order valence-corrected chi connectivity index (χ4v) is 4.27. The van der Waals surface area contributed by atoms with E-state index in [-0.39, 0.29) is 11.2 Å². The molecule has 2 aromatic heterocycles. The number of rotatable bonds is 7. The summed E-state index contributed by atoms with van der Waals surface area (Å²) in [5.74, 6) is 3.57. The Morgan fingerprint density at radius 3 is 2.93 bits per heavy atom. The van der Waals surface area contributed by atoms with Crippen LogP contribution in [0, 0.1) is 13.8 Å². The van der Waals surface area contributed by atoms with Crippen LogP contribution in [0.15, 0.2) is 23.7 Å². The number of hydrogen-bond acceptors (Lipinski definition) is 5. The van der Waals surface area contributed by atoms with Crippen molar-refractivity contribution in [3.05, 3.63) is 40.1 Å². The third-order valence-electron chi connectivity index (χ3n) is 4.11. The molecule has 1 amide bonds. The van der Waals surface area contributed by atoms with E-state index in [1.54, 1.807) is 45.0 Å². The highest BCUT2D eigenvalue weighted by Crippen LogP contribution is 2.25. The molecule has 0 spiro atoms. The average molecular weight is 401 g/mol. The van der Waals surface area contributed by atoms with Crippen molar-refractivity contribution in [1.82, 2.24) is 19.4 Å². The monoisotopic (exact) mass is 400 g/mol. The van der Waals surface area contributed by atoms with Crippen molar-refractivity contribution >= 4 is 52.5 Å². The molecule has 0 N–H and O–H groups in total. The minimum atomic E-state index is -0.164. The number of amides is 1. The lowest BCUT2D eigenvalue weighted by molar-refractivity contribution is -0.117. The molecular weight excluding hydrogens is 378 g/mol. The Labute approximate surface area is 167 Å². The van der Waals surface area contributed by atoms with Crippen molar-refractivity contribution in [2.45, 2.75) is 38.7 Å². The zero-order chi connectivity index (χ0) is 19.4. The Kier molecular flexibility index (Phi) is 6.14. The van der Waals surface area contributed by atoms with Gasteiger partial charge in [-0.15, -0.1) is 23.1 Å². The Hall–Kier alpha value is -2.37. The Balaban J connectivity index is 1.72. The normalized spacial score (nSPS) is 13.7. The van der Waals surface area contributed by atoms with Crippen LogP contribution in [0.5, 0.6) is 0 Å². The van der Waals surface area contributed by atoms with Gasteiger partial charge in [-0.1, -0.05) is 0 Å². The predicted molar refractivity (Wildman–Crippen MR) is 115 cm³/mol. The average Bonchev–Trinajstić information content (AvgIpc) is 3.27. The van der Waals surface area contributed by atoms with Gasteiger partial charge in [0.25, 0.3) is 0 Å². The number of thioether (sulfide) groups is 1. The molecule has 8 heteroatoms. The minimum absolute atomic E-state index is 0.0802. The smallest absolute Gasteiger partial charge is 0.309 e. The summed E-state index contributed by atoms with van der Waals surface area (Å²) >= 11 is 3.25. The van der Waals surface area contributed by atoms with Gasteiger partial charge >= 0.3 is 12.1 Å². The molecule has 1 unspecified atom stereocenters. The van der Waals surface area contributed by atoms with Crippen LogP contribution in [0.2, 0.25) is 0 Å². The molecule has 27 heavy (non-hydrogen) atoms. The van der Waals surface area contributed by atoms with Crippen LogP contribution in [0.3, 0.4) is 0 Å². The lowest BCUT2D eigenvalue weighted by atomic mass is 10.3. The molecule has 0 aliphatic carbocycles. The molecule has 3 rings (SSSR count). The van der Waals surface area contributed by atoms with Gasteiger partial charge in [-0.25, -0.2) is 9.67 Å². The lowest BCUT2D eigenvalue weighted by Crippen LogP contribution is -2.36. The molecule has 0 radical (unpaired) electrons. The van der Waals surface area contributed by atoms with E-state index in [4.69, 9.17) is 0 Å². The fourth-order valence-electron chi connectivity index (χ4n) is 2.72. The first-order valence-electron chi connectivity index (χ1n) is 8.72. The van der Waals surface area contributed by atoms with Crippen molar-refractivity contribution < 1.29 is 4.79 Å². The molecular formula is C19H22N5OS2+. The van der Waals surface area contributed by atoms with Crippen molar-refractivity contribution in [1.29, 1.82) is 0 Å². The second-order valence-corrected chi connectivity index (χ2v) is 8.47. The number of thiazole rings is 1. The van der Waals surface area contributed by atoms with Gasteiger partial charge in [-0.2, -0.15) is 5.10 Å². The molecule has 1 aliphatic heterocycles. The fraction of sp³-hybridized carbons (Fsp3) is 0.368. The SMILES string of the molecule is CCN(C(=O)C(C)SCc1csc(C)n1)c1cn(C2=CC=C=[N+]=C2)nc1C. The third kappa shape index (κ3) is 4.49. The first kappa shape index (κ1) is 19.4. The van der Waals surface area contributed by atoms with E-state index in [2.05, 4.69) is 26.0 Å². The van der Waals surface area contributed by atoms with Crippen LogP contribution >= 0.6 is 23.1 Å². The van der Waals surface area contributed by atoms with Crippen LogP contribution in [0.25, 0.3) is 5.70 Å². The number of nitrogens with zero attached hydrogens (tertiary/aromatic N) is 5. The van der Waals surface area contributed by atoms with Crippen molar-refractivity contribution in [2.75, 3.05) is 11.4 Å². The Morgan fingerprint density at radius 1 is 1.48 bits per heavy atom. The standard InChI is InChI=1S/C19H22N5OS2/c1-5-23(19(25)14(3)26-11-16-12-27-15(4)21-16)18-10-24(22-13(18)2)17-7-6-8-20-9-17/h6-7,9-10,12,14H,5,11H2,1-4H3/q+1. The number of aromatic nitrogens is 3. The van der Waals surface area contributed by atoms with E-state index >= 15 is 0 Å². The van der Waals surface area contributed by atoms with Gasteiger partial charge in [0.05, 0.1) is 39.6 Å². The van der Waals surface area contributed by atoms with E-state index < -0.39 is 0 Å². The third-order valence-corrected chi connectivity index (χ3v) is 6.09. The summed E-state index contributed by atoms with van der Waals surface area (Å²) < 4.78 is 5.76. The molecule has 140 valence electrons. The van der Waals surface area contributed by atoms with Gasteiger partial charge in [0.1, 0.15) is 5.70 Å². The largest absolute Gasteiger partial charge is 0.331 e. The molecule has 3 heterocycles. The van der Waals surface area contributed by atoms with Crippen molar-refractivity contribution in [3.63, 3.8) is 0 Å². The number of carbonyl (C=O) groups excluding carboxylic acids is 1. The van der Waals surface area contributed by atoms with Gasteiger partial charge in [0, 0.05) is 17.7 Å². The molecule has 0 bridgehead atoms. The van der Waals surface area contributed by atoms with Gasteiger partial charge in [-0.05, 0) is 38.4 Å².